The van der Waals surface area contributed by atoms with Crippen molar-refractivity contribution in [2.24, 2.45) is 18.9 Å². The molecule has 2 heterocycles. The van der Waals surface area contributed by atoms with Crippen molar-refractivity contribution >= 4 is 11.8 Å². The van der Waals surface area contributed by atoms with Crippen LogP contribution in [0, 0.1) is 18.8 Å². The molecule has 2 fully saturated rings. The molecule has 1 aromatic carbocycles. The Morgan fingerprint density at radius 2 is 1.67 bits per heavy atom. The predicted octanol–water partition coefficient (Wildman–Crippen LogP) is 5.82. The second-order valence-electron chi connectivity index (χ2n) is 11.9. The van der Waals surface area contributed by atoms with Crippen LogP contribution in [0.25, 0.3) is 0 Å². The normalized spacial score (nSPS) is 18.9. The van der Waals surface area contributed by atoms with Gasteiger partial charge in [0.2, 0.25) is 0 Å². The van der Waals surface area contributed by atoms with Crippen molar-refractivity contribution in [2.75, 3.05) is 22.9 Å². The summed E-state index contributed by atoms with van der Waals surface area (Å²) in [6, 6.07) is 6.50. The molecule has 3 aliphatic rings. The summed E-state index contributed by atoms with van der Waals surface area (Å²) in [6.45, 7) is 6.65. The number of aryl methyl sites for hydroxylation is 3. The summed E-state index contributed by atoms with van der Waals surface area (Å²) in [7, 11) is 1.69. The zero-order chi connectivity index (χ0) is 27.3. The first kappa shape index (κ1) is 26.1. The maximum Gasteiger partial charge on any atom is 0.416 e. The molecule has 0 bridgehead atoms. The number of tetrazole rings is 1. The summed E-state index contributed by atoms with van der Waals surface area (Å²) < 4.78 is 40.8. The highest BCUT2D eigenvalue weighted by Gasteiger charge is 2.34. The fraction of sp³-hybridized carbons (Fsp3) is 0.586. The molecule has 2 saturated carbocycles. The lowest BCUT2D eigenvalue weighted by Crippen LogP contribution is -2.32. The first-order chi connectivity index (χ1) is 18.6. The Morgan fingerprint density at radius 1 is 0.949 bits per heavy atom. The minimum absolute atomic E-state index is 0.231. The van der Waals surface area contributed by atoms with Gasteiger partial charge in [0.1, 0.15) is 5.82 Å². The predicted molar refractivity (Wildman–Crippen MR) is 143 cm³/mol. The topological polar surface area (TPSA) is 63.0 Å². The first-order valence-electron chi connectivity index (χ1n) is 14.1. The van der Waals surface area contributed by atoms with E-state index in [9.17, 15) is 13.2 Å². The lowest BCUT2D eigenvalue weighted by atomic mass is 10.0. The van der Waals surface area contributed by atoms with E-state index in [-0.39, 0.29) is 6.54 Å². The van der Waals surface area contributed by atoms with Crippen molar-refractivity contribution in [3.8, 4) is 0 Å². The maximum atomic E-state index is 13.6. The SMILES string of the molecule is Cc1cc(CN(Cc2cc3c(nc2N(CC2CC2)CC2CC2)C(C)CC3)c2nnn(C)n2)cc(C(F)(F)F)c1. The Hall–Kier alpha value is -3.17. The number of fused-ring (bicyclic) bond motifs is 1. The molecule has 6 rings (SSSR count). The van der Waals surface area contributed by atoms with E-state index in [1.165, 1.54) is 53.9 Å². The van der Waals surface area contributed by atoms with E-state index in [0.717, 1.165) is 49.1 Å². The van der Waals surface area contributed by atoms with E-state index in [2.05, 4.69) is 33.3 Å². The minimum Gasteiger partial charge on any atom is -0.356 e. The highest BCUT2D eigenvalue weighted by molar-refractivity contribution is 5.54. The molecule has 0 saturated heterocycles. The third-order valence-electron chi connectivity index (χ3n) is 8.13. The monoisotopic (exact) mass is 539 g/mol. The Balaban J connectivity index is 1.38. The summed E-state index contributed by atoms with van der Waals surface area (Å²) >= 11 is 0. The lowest BCUT2D eigenvalue weighted by Gasteiger charge is -2.29. The second kappa shape index (κ2) is 10.1. The van der Waals surface area contributed by atoms with Crippen LogP contribution < -0.4 is 9.80 Å². The molecule has 7 nitrogen and oxygen atoms in total. The van der Waals surface area contributed by atoms with Crippen LogP contribution in [-0.4, -0.2) is 38.3 Å². The van der Waals surface area contributed by atoms with Crippen molar-refractivity contribution in [2.45, 2.75) is 77.6 Å². The molecule has 0 radical (unpaired) electrons. The number of hydrogen-bond acceptors (Lipinski definition) is 6. The average Bonchev–Trinajstić information content (AvgIpc) is 3.80. The number of halogens is 3. The summed E-state index contributed by atoms with van der Waals surface area (Å²) in [5.41, 5.74) is 4.05. The number of aromatic nitrogens is 5. The quantitative estimate of drug-likeness (QED) is 0.324. The summed E-state index contributed by atoms with van der Waals surface area (Å²) in [5.74, 6) is 3.28. The summed E-state index contributed by atoms with van der Waals surface area (Å²) in [5, 5.41) is 12.7. The summed E-state index contributed by atoms with van der Waals surface area (Å²) in [6.07, 6.45) is 2.75. The van der Waals surface area contributed by atoms with Crippen LogP contribution in [0.3, 0.4) is 0 Å². The van der Waals surface area contributed by atoms with E-state index >= 15 is 0 Å². The van der Waals surface area contributed by atoms with Gasteiger partial charge in [-0.2, -0.15) is 18.0 Å². The van der Waals surface area contributed by atoms with E-state index in [0.29, 0.717) is 29.5 Å². The number of hydrogen-bond donors (Lipinski definition) is 0. The lowest BCUT2D eigenvalue weighted by molar-refractivity contribution is -0.137. The second-order valence-corrected chi connectivity index (χ2v) is 11.9. The van der Waals surface area contributed by atoms with Gasteiger partial charge in [-0.15, -0.1) is 5.10 Å². The molecular weight excluding hydrogens is 503 g/mol. The Labute approximate surface area is 227 Å². The molecule has 10 heteroatoms. The van der Waals surface area contributed by atoms with Crippen LogP contribution in [0.1, 0.15) is 78.5 Å². The van der Waals surface area contributed by atoms with Gasteiger partial charge in [-0.1, -0.05) is 23.7 Å². The molecule has 0 amide bonds. The molecule has 3 aliphatic carbocycles. The van der Waals surface area contributed by atoms with Crippen molar-refractivity contribution in [1.29, 1.82) is 0 Å². The fourth-order valence-corrected chi connectivity index (χ4v) is 5.75. The summed E-state index contributed by atoms with van der Waals surface area (Å²) in [4.78, 5) is 11.1. The standard InChI is InChI=1S/C29H36F3N7/c1-18-10-22(12-25(11-18)29(30,31)32)16-39(28-34-36-37(3)35-28)17-24-13-23-9-4-19(2)26(23)33-27(24)38(14-20-5-6-20)15-21-7-8-21/h10-13,19-21H,4-9,14-17H2,1-3H3. The Morgan fingerprint density at radius 3 is 2.28 bits per heavy atom. The molecule has 0 spiro atoms. The van der Waals surface area contributed by atoms with Crippen LogP contribution in [0.4, 0.5) is 24.9 Å². The van der Waals surface area contributed by atoms with Crippen LogP contribution in [0.5, 0.6) is 0 Å². The molecule has 0 N–H and O–H groups in total. The number of anilines is 2. The van der Waals surface area contributed by atoms with E-state index < -0.39 is 11.7 Å². The van der Waals surface area contributed by atoms with Crippen LogP contribution in [0.15, 0.2) is 24.3 Å². The number of alkyl halides is 3. The smallest absolute Gasteiger partial charge is 0.356 e. The molecule has 0 aliphatic heterocycles. The van der Waals surface area contributed by atoms with E-state index in [1.807, 2.05) is 4.90 Å². The van der Waals surface area contributed by atoms with Crippen LogP contribution in [0.2, 0.25) is 0 Å². The fourth-order valence-electron chi connectivity index (χ4n) is 5.75. The van der Waals surface area contributed by atoms with Crippen molar-refractivity contribution in [3.63, 3.8) is 0 Å². The van der Waals surface area contributed by atoms with Crippen molar-refractivity contribution in [1.82, 2.24) is 25.2 Å². The van der Waals surface area contributed by atoms with Gasteiger partial charge < -0.3 is 9.80 Å². The number of nitrogens with zero attached hydrogens (tertiary/aromatic N) is 7. The van der Waals surface area contributed by atoms with E-state index in [1.54, 1.807) is 20.0 Å². The highest BCUT2D eigenvalue weighted by Crippen LogP contribution is 2.40. The van der Waals surface area contributed by atoms with Gasteiger partial charge in [0.25, 0.3) is 5.95 Å². The van der Waals surface area contributed by atoms with Crippen LogP contribution in [-0.2, 0) is 32.7 Å². The Kier molecular flexibility index (Phi) is 6.75. The van der Waals surface area contributed by atoms with Gasteiger partial charge >= 0.3 is 6.18 Å². The minimum atomic E-state index is -4.41. The maximum absolute atomic E-state index is 13.6. The van der Waals surface area contributed by atoms with E-state index in [4.69, 9.17) is 4.98 Å². The molecule has 1 unspecified atom stereocenters. The molecular formula is C29H36F3N7. The largest absolute Gasteiger partial charge is 0.416 e. The molecule has 3 aromatic rings. The first-order valence-corrected chi connectivity index (χ1v) is 14.1. The molecule has 39 heavy (non-hydrogen) atoms. The zero-order valence-corrected chi connectivity index (χ0v) is 22.9. The molecule has 208 valence electrons. The zero-order valence-electron chi connectivity index (χ0n) is 22.9. The van der Waals surface area contributed by atoms with Gasteiger partial charge in [0.05, 0.1) is 12.6 Å². The third kappa shape index (κ3) is 6.04. The van der Waals surface area contributed by atoms with Gasteiger partial charge in [-0.05, 0) is 97.7 Å². The van der Waals surface area contributed by atoms with Gasteiger partial charge in [-0.3, -0.25) is 0 Å². The number of rotatable bonds is 10. The van der Waals surface area contributed by atoms with Gasteiger partial charge in [0.15, 0.2) is 0 Å². The average molecular weight is 540 g/mol. The van der Waals surface area contributed by atoms with Crippen molar-refractivity contribution < 1.29 is 13.2 Å². The van der Waals surface area contributed by atoms with Gasteiger partial charge in [-0.25, -0.2) is 4.98 Å². The number of pyridine rings is 1. The number of benzene rings is 1. The molecule has 2 aromatic heterocycles. The highest BCUT2D eigenvalue weighted by atomic mass is 19.4. The van der Waals surface area contributed by atoms with Crippen molar-refractivity contribution in [3.05, 3.63) is 57.8 Å². The Bertz CT molecular complexity index is 1330. The van der Waals surface area contributed by atoms with Crippen LogP contribution >= 0.6 is 0 Å². The molecule has 1 atom stereocenters. The van der Waals surface area contributed by atoms with Gasteiger partial charge in [0, 0.05) is 37.4 Å². The third-order valence-corrected chi connectivity index (χ3v) is 8.13.